The molecule has 1 aromatic heterocycles. The first-order valence-electron chi connectivity index (χ1n) is 6.77. The van der Waals surface area contributed by atoms with Crippen molar-refractivity contribution in [2.24, 2.45) is 0 Å². The Balaban J connectivity index is 0.00000264. The van der Waals surface area contributed by atoms with Gasteiger partial charge in [0.2, 0.25) is 9.84 Å². The lowest BCUT2D eigenvalue weighted by molar-refractivity contribution is 0.0801. The summed E-state index contributed by atoms with van der Waals surface area (Å²) in [6, 6.07) is 11.3. The quantitative estimate of drug-likeness (QED) is 0.842. The van der Waals surface area contributed by atoms with Crippen molar-refractivity contribution in [3.63, 3.8) is 0 Å². The van der Waals surface area contributed by atoms with E-state index < -0.39 is 9.84 Å². The van der Waals surface area contributed by atoms with Crippen molar-refractivity contribution in [2.75, 3.05) is 27.2 Å². The van der Waals surface area contributed by atoms with Crippen LogP contribution in [0.25, 0.3) is 0 Å². The summed E-state index contributed by atoms with van der Waals surface area (Å²) in [7, 11) is -0.0462. The third kappa shape index (κ3) is 4.54. The summed E-state index contributed by atoms with van der Waals surface area (Å²) < 4.78 is 25.2. The number of amides is 1. The average Bonchev–Trinajstić information content (AvgIpc) is 3.03. The van der Waals surface area contributed by atoms with Gasteiger partial charge < -0.3 is 10.2 Å². The van der Waals surface area contributed by atoms with Gasteiger partial charge in [0.25, 0.3) is 5.91 Å². The number of nitrogens with zero attached hydrogens (tertiary/aromatic N) is 1. The molecule has 8 heteroatoms. The van der Waals surface area contributed by atoms with Crippen LogP contribution in [0.4, 0.5) is 0 Å². The molecule has 126 valence electrons. The topological polar surface area (TPSA) is 66.5 Å². The van der Waals surface area contributed by atoms with Crippen LogP contribution in [0.15, 0.2) is 51.6 Å². The number of carbonyl (C=O) groups excluding carboxylic acids is 1. The van der Waals surface area contributed by atoms with E-state index in [-0.39, 0.29) is 27.4 Å². The van der Waals surface area contributed by atoms with E-state index in [1.165, 1.54) is 6.07 Å². The average molecular weight is 375 g/mol. The predicted molar refractivity (Wildman–Crippen MR) is 94.3 cm³/mol. The molecule has 0 saturated heterocycles. The smallest absolute Gasteiger partial charge is 0.263 e. The van der Waals surface area contributed by atoms with Gasteiger partial charge in [0.05, 0.1) is 9.77 Å². The molecule has 0 saturated carbocycles. The van der Waals surface area contributed by atoms with Crippen molar-refractivity contribution in [3.05, 3.63) is 47.3 Å². The molecule has 2 rings (SSSR count). The molecule has 0 bridgehead atoms. The van der Waals surface area contributed by atoms with E-state index in [9.17, 15) is 13.2 Å². The van der Waals surface area contributed by atoms with Crippen LogP contribution in [0.5, 0.6) is 0 Å². The summed E-state index contributed by atoms with van der Waals surface area (Å²) in [5.74, 6) is -0.172. The minimum atomic E-state index is -3.56. The zero-order valence-electron chi connectivity index (χ0n) is 12.9. The maximum Gasteiger partial charge on any atom is 0.263 e. The number of likely N-dealkylation sites (N-methyl/N-ethyl adjacent to an activating group) is 2. The van der Waals surface area contributed by atoms with Crippen LogP contribution in [0.1, 0.15) is 9.67 Å². The minimum absolute atomic E-state index is 0. The van der Waals surface area contributed by atoms with E-state index in [1.807, 2.05) is 7.05 Å². The number of hydrogen-bond donors (Lipinski definition) is 1. The van der Waals surface area contributed by atoms with E-state index in [0.29, 0.717) is 18.0 Å². The summed E-state index contributed by atoms with van der Waals surface area (Å²) in [5, 5.41) is 2.97. The molecular weight excluding hydrogens is 356 g/mol. The largest absolute Gasteiger partial charge is 0.340 e. The van der Waals surface area contributed by atoms with Crippen LogP contribution < -0.4 is 5.32 Å². The highest BCUT2D eigenvalue weighted by molar-refractivity contribution is 7.93. The molecule has 0 aliphatic heterocycles. The molecule has 1 aromatic carbocycles. The number of thiophene rings is 1. The Morgan fingerprint density at radius 2 is 1.83 bits per heavy atom. The Kier molecular flexibility index (Phi) is 7.21. The number of halogens is 1. The van der Waals surface area contributed by atoms with Gasteiger partial charge in [-0.1, -0.05) is 18.2 Å². The highest BCUT2D eigenvalue weighted by Gasteiger charge is 2.22. The number of carbonyl (C=O) groups is 1. The lowest BCUT2D eigenvalue weighted by atomic mass is 10.4. The molecular formula is C15H19ClN2O3S2. The van der Waals surface area contributed by atoms with Crippen molar-refractivity contribution >= 4 is 39.5 Å². The Morgan fingerprint density at radius 3 is 2.43 bits per heavy atom. The first-order valence-corrected chi connectivity index (χ1v) is 9.07. The van der Waals surface area contributed by atoms with E-state index in [0.717, 1.165) is 11.3 Å². The molecule has 0 unspecified atom stereocenters. The highest BCUT2D eigenvalue weighted by atomic mass is 35.5. The number of benzene rings is 1. The first-order chi connectivity index (χ1) is 10.5. The van der Waals surface area contributed by atoms with E-state index >= 15 is 0 Å². The molecule has 1 N–H and O–H groups in total. The number of rotatable bonds is 6. The third-order valence-corrected chi connectivity index (χ3v) is 6.49. The zero-order chi connectivity index (χ0) is 16.2. The van der Waals surface area contributed by atoms with Gasteiger partial charge in [-0.2, -0.15) is 0 Å². The molecule has 0 fully saturated rings. The second-order valence-corrected chi connectivity index (χ2v) is 8.03. The van der Waals surface area contributed by atoms with Gasteiger partial charge in [0.1, 0.15) is 4.21 Å². The molecule has 1 heterocycles. The molecule has 2 aromatic rings. The Bertz CT molecular complexity index is 745. The van der Waals surface area contributed by atoms with Gasteiger partial charge in [-0.25, -0.2) is 8.42 Å². The van der Waals surface area contributed by atoms with Crippen LogP contribution in [0, 0.1) is 0 Å². The first kappa shape index (κ1) is 19.6. The van der Waals surface area contributed by atoms with Gasteiger partial charge in [0, 0.05) is 20.1 Å². The lowest BCUT2D eigenvalue weighted by Gasteiger charge is -2.15. The van der Waals surface area contributed by atoms with Crippen LogP contribution >= 0.6 is 23.7 Å². The molecule has 0 aliphatic rings. The fourth-order valence-electron chi connectivity index (χ4n) is 1.86. The number of hydrogen-bond acceptors (Lipinski definition) is 5. The third-order valence-electron chi connectivity index (χ3n) is 3.15. The van der Waals surface area contributed by atoms with Gasteiger partial charge in [-0.3, -0.25) is 4.79 Å². The summed E-state index contributed by atoms with van der Waals surface area (Å²) in [6.45, 7) is 1.25. The van der Waals surface area contributed by atoms with E-state index in [2.05, 4.69) is 5.32 Å². The molecule has 0 radical (unpaired) electrons. The zero-order valence-corrected chi connectivity index (χ0v) is 15.3. The van der Waals surface area contributed by atoms with Gasteiger partial charge >= 0.3 is 0 Å². The normalized spacial score (nSPS) is 10.9. The van der Waals surface area contributed by atoms with E-state index in [1.54, 1.807) is 48.3 Å². The van der Waals surface area contributed by atoms with Crippen molar-refractivity contribution in [2.45, 2.75) is 9.10 Å². The van der Waals surface area contributed by atoms with Crippen LogP contribution in [-0.2, 0) is 9.84 Å². The van der Waals surface area contributed by atoms with Crippen LogP contribution in [-0.4, -0.2) is 46.4 Å². The standard InChI is InChI=1S/C15H18N2O3S2.ClH/c1-16-10-11-17(2)15(18)13-8-9-14(21-13)22(19,20)12-6-4-3-5-7-12;/h3-9,16H,10-11H2,1-2H3;1H. The monoisotopic (exact) mass is 374 g/mol. The van der Waals surface area contributed by atoms with Gasteiger partial charge in [0.15, 0.2) is 0 Å². The molecule has 1 amide bonds. The van der Waals surface area contributed by atoms with Crippen molar-refractivity contribution in [1.82, 2.24) is 10.2 Å². The Labute approximate surface area is 146 Å². The van der Waals surface area contributed by atoms with Gasteiger partial charge in [-0.05, 0) is 31.3 Å². The van der Waals surface area contributed by atoms with Crippen molar-refractivity contribution < 1.29 is 13.2 Å². The predicted octanol–water partition coefficient (Wildman–Crippen LogP) is 2.29. The fourth-order valence-corrected chi connectivity index (χ4v) is 4.59. The van der Waals surface area contributed by atoms with Gasteiger partial charge in [-0.15, -0.1) is 23.7 Å². The van der Waals surface area contributed by atoms with Crippen molar-refractivity contribution in [1.29, 1.82) is 0 Å². The lowest BCUT2D eigenvalue weighted by Crippen LogP contribution is -2.32. The fraction of sp³-hybridized carbons (Fsp3) is 0.267. The Hall–Kier alpha value is -1.41. The van der Waals surface area contributed by atoms with Crippen LogP contribution in [0.3, 0.4) is 0 Å². The number of sulfone groups is 1. The van der Waals surface area contributed by atoms with E-state index in [4.69, 9.17) is 0 Å². The maximum atomic E-state index is 12.5. The summed E-state index contributed by atoms with van der Waals surface area (Å²) in [6.07, 6.45) is 0. The molecule has 0 spiro atoms. The van der Waals surface area contributed by atoms with Crippen LogP contribution in [0.2, 0.25) is 0 Å². The summed E-state index contributed by atoms with van der Waals surface area (Å²) in [5.41, 5.74) is 0. The second-order valence-electron chi connectivity index (χ2n) is 4.77. The minimum Gasteiger partial charge on any atom is -0.340 e. The molecule has 0 aliphatic carbocycles. The SMILES string of the molecule is CNCCN(C)C(=O)c1ccc(S(=O)(=O)c2ccccc2)s1.Cl. The second kappa shape index (κ2) is 8.44. The summed E-state index contributed by atoms with van der Waals surface area (Å²) in [4.78, 5) is 14.5. The molecule has 23 heavy (non-hydrogen) atoms. The summed E-state index contributed by atoms with van der Waals surface area (Å²) >= 11 is 1.00. The Morgan fingerprint density at radius 1 is 1.17 bits per heavy atom. The number of nitrogens with one attached hydrogen (secondary N) is 1. The van der Waals surface area contributed by atoms with Crippen molar-refractivity contribution in [3.8, 4) is 0 Å². The molecule has 5 nitrogen and oxygen atoms in total. The molecule has 0 atom stereocenters. The maximum absolute atomic E-state index is 12.5. The highest BCUT2D eigenvalue weighted by Crippen LogP contribution is 2.28.